The normalized spacial score (nSPS) is 12.4. The number of benzene rings is 2. The van der Waals surface area contributed by atoms with E-state index in [1.807, 2.05) is 6.07 Å². The van der Waals surface area contributed by atoms with E-state index in [0.717, 1.165) is 0 Å². The molecule has 1 N–H and O–H groups in total. The summed E-state index contributed by atoms with van der Waals surface area (Å²) in [5.74, 6) is 0.0119. The highest BCUT2D eigenvalue weighted by molar-refractivity contribution is 5.93. The molecule has 0 bridgehead atoms. The molecule has 1 aromatic heterocycles. The van der Waals surface area contributed by atoms with Crippen molar-refractivity contribution in [2.75, 3.05) is 0 Å². The third-order valence-electron chi connectivity index (χ3n) is 3.99. The van der Waals surface area contributed by atoms with Crippen LogP contribution in [-0.2, 0) is 4.79 Å². The van der Waals surface area contributed by atoms with E-state index in [9.17, 15) is 14.7 Å². The number of Topliss-reactive ketones (excluding diaryl/α,β-unsaturated/α-hetero) is 1. The van der Waals surface area contributed by atoms with E-state index in [1.54, 1.807) is 49.4 Å². The van der Waals surface area contributed by atoms with Gasteiger partial charge in [0.1, 0.15) is 11.6 Å². The molecule has 27 heavy (non-hydrogen) atoms. The van der Waals surface area contributed by atoms with E-state index in [-0.39, 0.29) is 22.8 Å². The van der Waals surface area contributed by atoms with Crippen molar-refractivity contribution in [1.82, 2.24) is 9.55 Å². The fourth-order valence-electron chi connectivity index (χ4n) is 2.72. The lowest BCUT2D eigenvalue weighted by Gasteiger charge is -2.10. The molecule has 2 aromatic carbocycles. The van der Waals surface area contributed by atoms with Crippen molar-refractivity contribution in [3.8, 4) is 5.69 Å². The number of aliphatic hydroxyl groups is 1. The number of carbonyl (C=O) groups is 1. The summed E-state index contributed by atoms with van der Waals surface area (Å²) < 4.78 is 1.53. The molecule has 3 rings (SSSR count). The molecular weight excluding hydrogens is 344 g/mol. The van der Waals surface area contributed by atoms with Crippen LogP contribution in [0.15, 0.2) is 75.0 Å². The largest absolute Gasteiger partial charge is 0.510 e. The minimum absolute atomic E-state index is 0.0927. The van der Waals surface area contributed by atoms with Gasteiger partial charge in [0.25, 0.3) is 5.56 Å². The number of hydrogen-bond donors (Lipinski definition) is 1. The molecule has 0 atom stereocenters. The highest BCUT2D eigenvalue weighted by Gasteiger charge is 2.10. The molecule has 0 saturated carbocycles. The molecule has 0 radical (unpaired) electrons. The van der Waals surface area contributed by atoms with Crippen LogP contribution in [-0.4, -0.2) is 20.4 Å². The van der Waals surface area contributed by atoms with Crippen molar-refractivity contribution in [2.24, 2.45) is 10.2 Å². The van der Waals surface area contributed by atoms with E-state index in [1.165, 1.54) is 18.4 Å². The predicted molar refractivity (Wildman–Crippen MR) is 103 cm³/mol. The first-order chi connectivity index (χ1) is 12.9. The van der Waals surface area contributed by atoms with Crippen molar-refractivity contribution < 1.29 is 9.90 Å². The van der Waals surface area contributed by atoms with Gasteiger partial charge in [0.15, 0.2) is 11.5 Å². The van der Waals surface area contributed by atoms with Gasteiger partial charge in [-0.3, -0.25) is 14.2 Å². The summed E-state index contributed by atoms with van der Waals surface area (Å²) in [5, 5.41) is 17.8. The Labute approximate surface area is 155 Å². The zero-order valence-electron chi connectivity index (χ0n) is 15.2. The Bertz CT molecular complexity index is 1140. The highest BCUT2D eigenvalue weighted by atomic mass is 16.3. The van der Waals surface area contributed by atoms with Crippen molar-refractivity contribution in [2.45, 2.75) is 20.8 Å². The lowest BCUT2D eigenvalue weighted by Crippen LogP contribution is -2.22. The van der Waals surface area contributed by atoms with Crippen molar-refractivity contribution in [3.63, 3.8) is 0 Å². The quantitative estimate of drug-likeness (QED) is 0.428. The van der Waals surface area contributed by atoms with E-state index in [4.69, 9.17) is 0 Å². The van der Waals surface area contributed by atoms with Crippen LogP contribution in [0.2, 0.25) is 0 Å². The lowest BCUT2D eigenvalue weighted by molar-refractivity contribution is -0.113. The number of rotatable bonds is 4. The van der Waals surface area contributed by atoms with E-state index in [0.29, 0.717) is 28.1 Å². The molecule has 0 aliphatic rings. The maximum Gasteiger partial charge on any atom is 0.265 e. The average molecular weight is 362 g/mol. The second kappa shape index (κ2) is 7.33. The SMILES string of the molecule is CC(=O)/C(N=Nc1ccc(-n2c(C)nc3ccccc3c2=O)cc1)=C(/C)O. The summed E-state index contributed by atoms with van der Waals surface area (Å²) in [7, 11) is 0. The maximum absolute atomic E-state index is 12.8. The Kier molecular flexibility index (Phi) is 4.94. The maximum atomic E-state index is 12.8. The number of aryl methyl sites for hydroxylation is 1. The monoisotopic (exact) mass is 362 g/mol. The summed E-state index contributed by atoms with van der Waals surface area (Å²) in [4.78, 5) is 28.7. The first kappa shape index (κ1) is 18.2. The molecule has 0 spiro atoms. The van der Waals surface area contributed by atoms with Gasteiger partial charge >= 0.3 is 0 Å². The van der Waals surface area contributed by atoms with Crippen LogP contribution in [0.25, 0.3) is 16.6 Å². The van der Waals surface area contributed by atoms with Gasteiger partial charge in [-0.15, -0.1) is 5.11 Å². The molecule has 7 heteroatoms. The van der Waals surface area contributed by atoms with Crippen molar-refractivity contribution in [1.29, 1.82) is 0 Å². The minimum Gasteiger partial charge on any atom is -0.510 e. The number of fused-ring (bicyclic) bond motifs is 1. The number of hydrogen-bond acceptors (Lipinski definition) is 6. The number of aromatic nitrogens is 2. The zero-order chi connectivity index (χ0) is 19.6. The standard InChI is InChI=1S/C20H18N4O3/c1-12(25)19(13(2)26)23-22-15-8-10-16(11-9-15)24-14(3)21-18-7-5-4-6-17(18)20(24)27/h4-11,25H,1-3H3/b19-12+,23-22?. The second-order valence-corrected chi connectivity index (χ2v) is 6.02. The van der Waals surface area contributed by atoms with Crippen LogP contribution >= 0.6 is 0 Å². The van der Waals surface area contributed by atoms with Crippen LogP contribution in [0.5, 0.6) is 0 Å². The Hall–Kier alpha value is -3.61. The van der Waals surface area contributed by atoms with Gasteiger partial charge in [-0.2, -0.15) is 5.11 Å². The first-order valence-corrected chi connectivity index (χ1v) is 8.30. The number of azo groups is 1. The highest BCUT2D eigenvalue weighted by Crippen LogP contribution is 2.19. The summed E-state index contributed by atoms with van der Waals surface area (Å²) in [6, 6.07) is 14.0. The van der Waals surface area contributed by atoms with Crippen LogP contribution < -0.4 is 5.56 Å². The van der Waals surface area contributed by atoms with Gasteiger partial charge in [0.2, 0.25) is 0 Å². The van der Waals surface area contributed by atoms with Crippen LogP contribution in [0.3, 0.4) is 0 Å². The van der Waals surface area contributed by atoms with Crippen molar-refractivity contribution in [3.05, 3.63) is 76.2 Å². The number of para-hydroxylation sites is 1. The smallest absolute Gasteiger partial charge is 0.265 e. The molecule has 0 fully saturated rings. The number of allylic oxidation sites excluding steroid dienone is 2. The molecule has 0 unspecified atom stereocenters. The van der Waals surface area contributed by atoms with Crippen LogP contribution in [0, 0.1) is 6.92 Å². The fourth-order valence-corrected chi connectivity index (χ4v) is 2.72. The van der Waals surface area contributed by atoms with E-state index >= 15 is 0 Å². The van der Waals surface area contributed by atoms with Gasteiger partial charge in [-0.1, -0.05) is 12.1 Å². The lowest BCUT2D eigenvalue weighted by atomic mass is 10.2. The van der Waals surface area contributed by atoms with Crippen LogP contribution in [0.4, 0.5) is 5.69 Å². The fraction of sp³-hybridized carbons (Fsp3) is 0.150. The Morgan fingerprint density at radius 2 is 1.74 bits per heavy atom. The minimum atomic E-state index is -0.375. The number of aliphatic hydroxyl groups excluding tert-OH is 1. The topological polar surface area (TPSA) is 96.9 Å². The second-order valence-electron chi connectivity index (χ2n) is 6.02. The number of ketones is 1. The average Bonchev–Trinajstić information content (AvgIpc) is 2.62. The molecule has 0 saturated heterocycles. The Balaban J connectivity index is 2.00. The van der Waals surface area contributed by atoms with Crippen molar-refractivity contribution >= 4 is 22.4 Å². The molecule has 0 aliphatic carbocycles. The molecule has 136 valence electrons. The van der Waals surface area contributed by atoms with Gasteiger partial charge < -0.3 is 5.11 Å². The molecule has 0 aliphatic heterocycles. The number of nitrogens with zero attached hydrogens (tertiary/aromatic N) is 4. The third-order valence-corrected chi connectivity index (χ3v) is 3.99. The Morgan fingerprint density at radius 3 is 2.37 bits per heavy atom. The number of carbonyl (C=O) groups excluding carboxylic acids is 1. The van der Waals surface area contributed by atoms with E-state index in [2.05, 4.69) is 15.2 Å². The summed E-state index contributed by atoms with van der Waals surface area (Å²) >= 11 is 0. The molecular formula is C20H18N4O3. The molecule has 7 nitrogen and oxygen atoms in total. The van der Waals surface area contributed by atoms with Gasteiger partial charge in [-0.25, -0.2) is 4.98 Å². The predicted octanol–water partition coefficient (Wildman–Crippen LogP) is 4.16. The van der Waals surface area contributed by atoms with Gasteiger partial charge in [0, 0.05) is 6.92 Å². The van der Waals surface area contributed by atoms with Gasteiger partial charge in [-0.05, 0) is 50.2 Å². The summed E-state index contributed by atoms with van der Waals surface area (Å²) in [5.41, 5.74) is 1.55. The third kappa shape index (κ3) is 3.67. The zero-order valence-corrected chi connectivity index (χ0v) is 15.2. The van der Waals surface area contributed by atoms with E-state index < -0.39 is 0 Å². The molecule has 3 aromatic rings. The first-order valence-electron chi connectivity index (χ1n) is 8.30. The molecule has 0 amide bonds. The summed E-state index contributed by atoms with van der Waals surface area (Å²) in [6.45, 7) is 4.45. The Morgan fingerprint density at radius 1 is 1.07 bits per heavy atom. The molecule has 1 heterocycles. The van der Waals surface area contributed by atoms with Gasteiger partial charge in [0.05, 0.1) is 22.3 Å². The summed E-state index contributed by atoms with van der Waals surface area (Å²) in [6.07, 6.45) is 0. The van der Waals surface area contributed by atoms with Crippen LogP contribution in [0.1, 0.15) is 19.7 Å².